The quantitative estimate of drug-likeness (QED) is 0.290. The number of nitrogens with one attached hydrogen (secondary N) is 2. The summed E-state index contributed by atoms with van der Waals surface area (Å²) in [5, 5.41) is 4.12. The van der Waals surface area contributed by atoms with E-state index in [0.29, 0.717) is 30.1 Å². The topological polar surface area (TPSA) is 88.6 Å². The molecule has 7 nitrogen and oxygen atoms in total. The van der Waals surface area contributed by atoms with Crippen molar-refractivity contribution in [3.63, 3.8) is 0 Å². The molecule has 1 aromatic heterocycles. The Morgan fingerprint density at radius 1 is 1.12 bits per heavy atom. The number of hydrazone groups is 1. The number of rotatable bonds is 9. The molecule has 0 unspecified atom stereocenters. The number of carbonyl (C=O) groups excluding carboxylic acids is 1. The number of benzene rings is 3. The van der Waals surface area contributed by atoms with E-state index in [2.05, 4.69) is 32.6 Å². The number of imidazole rings is 1. The summed E-state index contributed by atoms with van der Waals surface area (Å²) in [6.45, 7) is 2.59. The number of fused-ring (bicyclic) bond motifs is 1. The molecule has 0 atom stereocenters. The lowest BCUT2D eigenvalue weighted by atomic mass is 10.1. The number of aromatic nitrogens is 2. The summed E-state index contributed by atoms with van der Waals surface area (Å²) >= 11 is 0. The summed E-state index contributed by atoms with van der Waals surface area (Å²) in [4.78, 5) is 20.6. The fourth-order valence-corrected chi connectivity index (χ4v) is 3.46. The van der Waals surface area contributed by atoms with Crippen LogP contribution in [0.3, 0.4) is 0 Å². The second kappa shape index (κ2) is 10.5. The number of nitrogens with zero attached hydrogens (tertiary/aromatic N) is 2. The number of methoxy groups -OCH3 is 1. The zero-order chi connectivity index (χ0) is 23.0. The zero-order valence-corrected chi connectivity index (χ0v) is 18.7. The van der Waals surface area contributed by atoms with E-state index >= 15 is 0 Å². The maximum absolute atomic E-state index is 12.6. The van der Waals surface area contributed by atoms with E-state index in [1.54, 1.807) is 25.5 Å². The van der Waals surface area contributed by atoms with Crippen LogP contribution in [0.5, 0.6) is 11.5 Å². The summed E-state index contributed by atoms with van der Waals surface area (Å²) in [7, 11) is 1.59. The van der Waals surface area contributed by atoms with Gasteiger partial charge in [0.1, 0.15) is 5.82 Å². The summed E-state index contributed by atoms with van der Waals surface area (Å²) in [5.41, 5.74) is 6.58. The number of aromatic amines is 1. The number of carbonyl (C=O) groups is 1. The largest absolute Gasteiger partial charge is 0.493 e. The van der Waals surface area contributed by atoms with Crippen molar-refractivity contribution in [2.75, 3.05) is 13.7 Å². The van der Waals surface area contributed by atoms with Gasteiger partial charge < -0.3 is 14.5 Å². The summed E-state index contributed by atoms with van der Waals surface area (Å²) < 4.78 is 11.2. The SMILES string of the molecule is CCCOc1c(/C=N\NC(=O)c2ccc3nc(Cc4ccccc4)[nH]c3c2)cccc1OC. The van der Waals surface area contributed by atoms with E-state index in [4.69, 9.17) is 9.47 Å². The Kier molecular flexibility index (Phi) is 6.99. The average Bonchev–Trinajstić information content (AvgIpc) is 3.25. The van der Waals surface area contributed by atoms with Gasteiger partial charge in [-0.1, -0.05) is 43.3 Å². The van der Waals surface area contributed by atoms with E-state index in [9.17, 15) is 4.79 Å². The summed E-state index contributed by atoms with van der Waals surface area (Å²) in [6, 6.07) is 21.0. The van der Waals surface area contributed by atoms with Crippen LogP contribution < -0.4 is 14.9 Å². The highest BCUT2D eigenvalue weighted by Gasteiger charge is 2.11. The molecule has 0 aliphatic heterocycles. The highest BCUT2D eigenvalue weighted by atomic mass is 16.5. The number of amides is 1. The maximum atomic E-state index is 12.6. The minimum Gasteiger partial charge on any atom is -0.493 e. The standard InChI is InChI=1S/C26H26N4O3/c1-3-14-33-25-20(10-7-11-23(25)32-2)17-27-30-26(31)19-12-13-21-22(16-19)29-24(28-21)15-18-8-5-4-6-9-18/h4-13,16-17H,3,14-15H2,1-2H3,(H,28,29)(H,30,31)/b27-17-. The van der Waals surface area contributed by atoms with Gasteiger partial charge in [-0.05, 0) is 42.3 Å². The van der Waals surface area contributed by atoms with Gasteiger partial charge in [-0.3, -0.25) is 4.79 Å². The molecule has 0 bridgehead atoms. The Morgan fingerprint density at radius 3 is 2.76 bits per heavy atom. The van der Waals surface area contributed by atoms with Gasteiger partial charge in [0.05, 0.1) is 31.0 Å². The lowest BCUT2D eigenvalue weighted by molar-refractivity contribution is 0.0955. The van der Waals surface area contributed by atoms with Crippen LogP contribution in [0.4, 0.5) is 0 Å². The molecule has 168 valence electrons. The van der Waals surface area contributed by atoms with Crippen molar-refractivity contribution in [2.45, 2.75) is 19.8 Å². The predicted molar refractivity (Wildman–Crippen MR) is 129 cm³/mol. The van der Waals surface area contributed by atoms with Crippen molar-refractivity contribution < 1.29 is 14.3 Å². The van der Waals surface area contributed by atoms with Crippen LogP contribution >= 0.6 is 0 Å². The second-order valence-electron chi connectivity index (χ2n) is 7.50. The van der Waals surface area contributed by atoms with Crippen molar-refractivity contribution >= 4 is 23.2 Å². The Labute approximate surface area is 192 Å². The van der Waals surface area contributed by atoms with Crippen LogP contribution in [0.2, 0.25) is 0 Å². The molecule has 0 spiro atoms. The lowest BCUT2D eigenvalue weighted by Gasteiger charge is -2.12. The number of ether oxygens (including phenoxy) is 2. The third kappa shape index (κ3) is 5.38. The molecule has 4 aromatic rings. The molecule has 3 aromatic carbocycles. The molecule has 4 rings (SSSR count). The first-order valence-corrected chi connectivity index (χ1v) is 10.8. The highest BCUT2D eigenvalue weighted by Crippen LogP contribution is 2.30. The molecular formula is C26H26N4O3. The van der Waals surface area contributed by atoms with Gasteiger partial charge in [0, 0.05) is 17.5 Å². The number of H-pyrrole nitrogens is 1. The van der Waals surface area contributed by atoms with Gasteiger partial charge in [-0.2, -0.15) is 5.10 Å². The minimum absolute atomic E-state index is 0.314. The van der Waals surface area contributed by atoms with Crippen LogP contribution in [0.15, 0.2) is 71.8 Å². The first-order chi connectivity index (χ1) is 16.2. The van der Waals surface area contributed by atoms with Crippen molar-refractivity contribution in [1.29, 1.82) is 0 Å². The Balaban J connectivity index is 1.46. The van der Waals surface area contributed by atoms with E-state index < -0.39 is 0 Å². The van der Waals surface area contributed by atoms with E-state index in [-0.39, 0.29) is 5.91 Å². The number of hydrogen-bond acceptors (Lipinski definition) is 5. The first kappa shape index (κ1) is 22.1. The molecule has 0 fully saturated rings. The van der Waals surface area contributed by atoms with Crippen LogP contribution in [0.1, 0.15) is 40.7 Å². The molecule has 0 saturated heterocycles. The molecule has 2 N–H and O–H groups in total. The molecule has 7 heteroatoms. The fraction of sp³-hybridized carbons (Fsp3) is 0.192. The summed E-state index contributed by atoms with van der Waals surface area (Å²) in [6.07, 6.45) is 3.12. The highest BCUT2D eigenvalue weighted by molar-refractivity contribution is 5.98. The third-order valence-electron chi connectivity index (χ3n) is 5.06. The average molecular weight is 443 g/mol. The van der Waals surface area contributed by atoms with E-state index in [1.165, 1.54) is 5.56 Å². The zero-order valence-electron chi connectivity index (χ0n) is 18.7. The van der Waals surface area contributed by atoms with E-state index in [1.807, 2.05) is 49.4 Å². The van der Waals surface area contributed by atoms with Crippen molar-refractivity contribution in [1.82, 2.24) is 15.4 Å². The predicted octanol–water partition coefficient (Wildman–Crippen LogP) is 4.72. The maximum Gasteiger partial charge on any atom is 0.271 e. The van der Waals surface area contributed by atoms with Gasteiger partial charge in [0.25, 0.3) is 5.91 Å². The molecule has 0 saturated carbocycles. The van der Waals surface area contributed by atoms with Gasteiger partial charge >= 0.3 is 0 Å². The smallest absolute Gasteiger partial charge is 0.271 e. The van der Waals surface area contributed by atoms with Crippen molar-refractivity contribution in [3.05, 3.63) is 89.2 Å². The Bertz CT molecular complexity index is 1270. The normalized spacial score (nSPS) is 11.1. The molecule has 0 aliphatic carbocycles. The van der Waals surface area contributed by atoms with Gasteiger partial charge in [-0.25, -0.2) is 10.4 Å². The Morgan fingerprint density at radius 2 is 1.97 bits per heavy atom. The third-order valence-corrected chi connectivity index (χ3v) is 5.06. The second-order valence-corrected chi connectivity index (χ2v) is 7.50. The van der Waals surface area contributed by atoms with E-state index in [0.717, 1.165) is 28.8 Å². The molecule has 0 aliphatic rings. The van der Waals surface area contributed by atoms with Crippen molar-refractivity contribution in [2.24, 2.45) is 5.10 Å². The molecule has 1 amide bonds. The lowest BCUT2D eigenvalue weighted by Crippen LogP contribution is -2.17. The fourth-order valence-electron chi connectivity index (χ4n) is 3.46. The minimum atomic E-state index is -0.314. The molecule has 0 radical (unpaired) electrons. The number of para-hydroxylation sites is 1. The van der Waals surface area contributed by atoms with Crippen LogP contribution in [-0.2, 0) is 6.42 Å². The Hall–Kier alpha value is -4.13. The summed E-state index contributed by atoms with van der Waals surface area (Å²) in [5.74, 6) is 1.76. The van der Waals surface area contributed by atoms with Crippen LogP contribution in [0.25, 0.3) is 11.0 Å². The molecular weight excluding hydrogens is 416 g/mol. The molecule has 33 heavy (non-hydrogen) atoms. The monoisotopic (exact) mass is 442 g/mol. The van der Waals surface area contributed by atoms with Crippen molar-refractivity contribution in [3.8, 4) is 11.5 Å². The number of hydrogen-bond donors (Lipinski definition) is 2. The van der Waals surface area contributed by atoms with Gasteiger partial charge in [0.2, 0.25) is 0 Å². The first-order valence-electron chi connectivity index (χ1n) is 10.8. The molecule has 1 heterocycles. The van der Waals surface area contributed by atoms with Gasteiger partial charge in [0.15, 0.2) is 11.5 Å². The van der Waals surface area contributed by atoms with Gasteiger partial charge in [-0.15, -0.1) is 0 Å². The van der Waals surface area contributed by atoms with Crippen LogP contribution in [-0.4, -0.2) is 35.8 Å². The van der Waals surface area contributed by atoms with Crippen LogP contribution in [0, 0.1) is 0 Å².